The number of nitrogens with zero attached hydrogens (tertiary/aromatic N) is 4. The zero-order valence-electron chi connectivity index (χ0n) is 21.0. The summed E-state index contributed by atoms with van der Waals surface area (Å²) in [5, 5.41) is 25.7. The molecule has 0 spiro atoms. The van der Waals surface area contributed by atoms with Crippen LogP contribution in [-0.4, -0.2) is 84.6 Å². The smallest absolute Gasteiger partial charge is 0.352 e. The van der Waals surface area contributed by atoms with Crippen LogP contribution in [0.5, 0.6) is 0 Å². The lowest BCUT2D eigenvalue weighted by Gasteiger charge is -2.49. The molecule has 5 heterocycles. The summed E-state index contributed by atoms with van der Waals surface area (Å²) >= 11 is 9.74. The molecule has 0 aromatic carbocycles. The normalized spacial score (nSPS) is 18.7. The van der Waals surface area contributed by atoms with Gasteiger partial charge in [-0.2, -0.15) is 4.40 Å². The van der Waals surface area contributed by atoms with Crippen molar-refractivity contribution in [1.82, 2.24) is 20.2 Å². The molecule has 1 saturated heterocycles. The number of β-lactam (4-membered cyclic amide) rings is 1. The fourth-order valence-electron chi connectivity index (χ4n) is 4.43. The highest BCUT2D eigenvalue weighted by Gasteiger charge is 2.54. The number of anilines is 1. The molecular formula is C23H21ClN7O7S3+. The number of thiazole rings is 1. The van der Waals surface area contributed by atoms with E-state index in [-0.39, 0.29) is 38.7 Å². The van der Waals surface area contributed by atoms with Gasteiger partial charge >= 0.3 is 11.9 Å². The molecule has 3 aromatic rings. The number of carboxylic acid groups (broad SMARTS) is 2. The van der Waals surface area contributed by atoms with Crippen LogP contribution in [0, 0.1) is 0 Å². The van der Waals surface area contributed by atoms with Crippen LogP contribution in [0.15, 0.2) is 46.0 Å². The van der Waals surface area contributed by atoms with E-state index < -0.39 is 35.2 Å². The zero-order valence-corrected chi connectivity index (χ0v) is 24.2. The molecule has 2 aliphatic rings. The molecule has 0 bridgehead atoms. The third kappa shape index (κ3) is 5.44. The number of aliphatic carboxylic acids is 2. The molecule has 1 fully saturated rings. The maximum Gasteiger partial charge on any atom is 0.352 e. The Labute approximate surface area is 248 Å². The van der Waals surface area contributed by atoms with E-state index in [0.29, 0.717) is 22.5 Å². The van der Waals surface area contributed by atoms with Crippen molar-refractivity contribution < 1.29 is 38.6 Å². The monoisotopic (exact) mass is 638 g/mol. The van der Waals surface area contributed by atoms with Gasteiger partial charge in [0.15, 0.2) is 15.9 Å². The molecule has 2 atom stereocenters. The highest BCUT2D eigenvalue weighted by Crippen LogP contribution is 2.41. The largest absolute Gasteiger partial charge is 0.481 e. The average molecular weight is 639 g/mol. The van der Waals surface area contributed by atoms with Gasteiger partial charge in [0.05, 0.1) is 12.0 Å². The van der Waals surface area contributed by atoms with Crippen molar-refractivity contribution in [2.24, 2.45) is 5.16 Å². The summed E-state index contributed by atoms with van der Waals surface area (Å²) < 4.78 is 1.91. The number of nitrogen functional groups attached to an aromatic ring is 1. The van der Waals surface area contributed by atoms with Crippen molar-refractivity contribution in [2.45, 2.75) is 22.9 Å². The number of aromatic amines is 1. The number of thioether (sulfide) groups is 2. The van der Waals surface area contributed by atoms with Crippen molar-refractivity contribution in [3.63, 3.8) is 0 Å². The molecular weight excluding hydrogens is 618 g/mol. The first kappa shape index (κ1) is 28.7. The number of rotatable bonds is 10. The Balaban J connectivity index is 1.33. The number of oxime groups is 1. The average Bonchev–Trinajstić information content (AvgIpc) is 3.55. The van der Waals surface area contributed by atoms with Gasteiger partial charge in [0.25, 0.3) is 17.5 Å². The Bertz CT molecular complexity index is 1650. The van der Waals surface area contributed by atoms with E-state index in [4.69, 9.17) is 22.2 Å². The number of aromatic nitrogens is 3. The standard InChI is InChI=1S/C23H20ClN7O7S3/c1-38-29-14(13-17(24)41-23(25)28-13)19(34)27-15-20(35)31-16(22(36)37)10(8-40-21(15)31)7-39-11-3-2-9(6-12(32)33)18-26-4-5-30(11)18/h2-5,15,21H,6-8H2,1H3,(H5,25,27,28,32,33,34,36,37)/p+1/b29-14-/t15-,21+/m1/s1. The van der Waals surface area contributed by atoms with Gasteiger partial charge in [-0.3, -0.25) is 19.3 Å². The maximum absolute atomic E-state index is 13.1. The summed E-state index contributed by atoms with van der Waals surface area (Å²) in [5.74, 6) is -3.01. The van der Waals surface area contributed by atoms with Gasteiger partial charge in [-0.05, 0) is 17.7 Å². The van der Waals surface area contributed by atoms with Gasteiger partial charge < -0.3 is 26.1 Å². The summed E-state index contributed by atoms with van der Waals surface area (Å²) in [6.07, 6.45) is 3.28. The Kier molecular flexibility index (Phi) is 8.12. The van der Waals surface area contributed by atoms with Crippen LogP contribution in [0.4, 0.5) is 5.13 Å². The molecule has 14 nitrogen and oxygen atoms in total. The number of carbonyl (C=O) groups is 4. The van der Waals surface area contributed by atoms with E-state index in [2.05, 4.69) is 20.4 Å². The van der Waals surface area contributed by atoms with Crippen LogP contribution in [0.1, 0.15) is 11.3 Å². The number of hydrogen-bond donors (Lipinski definition) is 5. The molecule has 5 rings (SSSR count). The lowest BCUT2D eigenvalue weighted by atomic mass is 10.0. The predicted molar refractivity (Wildman–Crippen MR) is 151 cm³/mol. The first-order chi connectivity index (χ1) is 19.6. The second-order valence-corrected chi connectivity index (χ2v) is 12.4. The Morgan fingerprint density at radius 1 is 1.39 bits per heavy atom. The van der Waals surface area contributed by atoms with Gasteiger partial charge in [-0.25, -0.2) is 14.8 Å². The SMILES string of the molecule is CO/N=C(\C(=O)N[C@@H]1C(=O)N2C(C(=O)O)=C(CSc3ccc(CC(=O)O)c4[nH]cc[n+]34)CS[C@@H]12)c1nc(N)sc1Cl. The van der Waals surface area contributed by atoms with E-state index in [1.165, 1.54) is 35.5 Å². The highest BCUT2D eigenvalue weighted by atomic mass is 35.5. The molecule has 2 amide bonds. The summed E-state index contributed by atoms with van der Waals surface area (Å²) in [6, 6.07) is 2.47. The van der Waals surface area contributed by atoms with Gasteiger partial charge in [0, 0.05) is 11.5 Å². The Morgan fingerprint density at radius 3 is 2.83 bits per heavy atom. The van der Waals surface area contributed by atoms with E-state index in [1.807, 2.05) is 0 Å². The molecule has 0 aliphatic carbocycles. The fourth-order valence-corrected chi connectivity index (χ4v) is 7.85. The van der Waals surface area contributed by atoms with E-state index in [1.54, 1.807) is 28.9 Å². The maximum atomic E-state index is 13.1. The minimum atomic E-state index is -1.26. The third-order valence-corrected chi connectivity index (χ3v) is 9.69. The first-order valence-corrected chi connectivity index (χ1v) is 14.9. The number of imidazole rings is 1. The lowest BCUT2D eigenvalue weighted by Crippen LogP contribution is -2.71. The molecule has 18 heteroatoms. The van der Waals surface area contributed by atoms with Crippen molar-refractivity contribution in [3.05, 3.63) is 51.4 Å². The number of pyridine rings is 1. The predicted octanol–water partition coefficient (Wildman–Crippen LogP) is 0.954. The number of H-pyrrole nitrogens is 1. The van der Waals surface area contributed by atoms with Crippen LogP contribution < -0.4 is 15.5 Å². The van der Waals surface area contributed by atoms with Crippen LogP contribution in [0.2, 0.25) is 4.34 Å². The molecule has 3 aromatic heterocycles. The Morgan fingerprint density at radius 2 is 2.17 bits per heavy atom. The number of nitrogens with two attached hydrogens (primary N) is 1. The van der Waals surface area contributed by atoms with Gasteiger partial charge in [0.2, 0.25) is 0 Å². The fraction of sp³-hybridized carbons (Fsp3) is 0.261. The molecule has 0 saturated carbocycles. The molecule has 6 N–H and O–H groups in total. The second kappa shape index (κ2) is 11.6. The third-order valence-electron chi connectivity index (χ3n) is 6.15. The number of carbonyl (C=O) groups excluding carboxylic acids is 2. The van der Waals surface area contributed by atoms with E-state index >= 15 is 0 Å². The number of halogens is 1. The van der Waals surface area contributed by atoms with Crippen molar-refractivity contribution >= 4 is 86.7 Å². The van der Waals surface area contributed by atoms with Gasteiger partial charge in [-0.1, -0.05) is 39.9 Å². The molecule has 0 radical (unpaired) electrons. The zero-order chi connectivity index (χ0) is 29.4. The van der Waals surface area contributed by atoms with Crippen LogP contribution in [0.3, 0.4) is 0 Å². The number of nitrogens with one attached hydrogen (secondary N) is 2. The number of hydrogen-bond acceptors (Lipinski definition) is 11. The summed E-state index contributed by atoms with van der Waals surface area (Å²) in [5.41, 5.74) is 7.03. The molecule has 214 valence electrons. The van der Waals surface area contributed by atoms with Crippen LogP contribution >= 0.6 is 46.5 Å². The molecule has 41 heavy (non-hydrogen) atoms. The number of amides is 2. The Hall–Kier alpha value is -3.80. The van der Waals surface area contributed by atoms with Gasteiger partial charge in [-0.15, -0.1) is 11.8 Å². The van der Waals surface area contributed by atoms with Gasteiger partial charge in [0.1, 0.15) is 46.6 Å². The van der Waals surface area contributed by atoms with Crippen molar-refractivity contribution in [3.8, 4) is 0 Å². The van der Waals surface area contributed by atoms with E-state index in [0.717, 1.165) is 16.4 Å². The minimum Gasteiger partial charge on any atom is -0.481 e. The summed E-state index contributed by atoms with van der Waals surface area (Å²) in [6.45, 7) is 0. The lowest BCUT2D eigenvalue weighted by molar-refractivity contribution is -0.553. The molecule has 2 aliphatic heterocycles. The summed E-state index contributed by atoms with van der Waals surface area (Å²) in [7, 11) is 1.23. The number of fused-ring (bicyclic) bond motifs is 2. The number of carboxylic acids is 2. The van der Waals surface area contributed by atoms with Crippen molar-refractivity contribution in [2.75, 3.05) is 24.3 Å². The minimum absolute atomic E-state index is 0.00395. The first-order valence-electron chi connectivity index (χ1n) is 11.7. The second-order valence-electron chi connectivity index (χ2n) is 8.65. The van der Waals surface area contributed by atoms with E-state index in [9.17, 15) is 29.4 Å². The summed E-state index contributed by atoms with van der Waals surface area (Å²) in [4.78, 5) is 62.6. The van der Waals surface area contributed by atoms with Crippen LogP contribution in [0.25, 0.3) is 5.65 Å². The molecule has 0 unspecified atom stereocenters. The van der Waals surface area contributed by atoms with Crippen LogP contribution in [-0.2, 0) is 30.4 Å². The van der Waals surface area contributed by atoms with Crippen molar-refractivity contribution in [1.29, 1.82) is 0 Å². The quantitative estimate of drug-likeness (QED) is 0.0695. The topological polar surface area (TPSA) is 204 Å². The highest BCUT2D eigenvalue weighted by molar-refractivity contribution is 8.01.